The molecule has 0 atom stereocenters. The van der Waals surface area contributed by atoms with Gasteiger partial charge in [-0.2, -0.15) is 4.98 Å². The van der Waals surface area contributed by atoms with Crippen molar-refractivity contribution in [2.45, 2.75) is 6.54 Å². The molecule has 144 valence electrons. The van der Waals surface area contributed by atoms with Crippen LogP contribution >= 0.6 is 0 Å². The number of halogens is 1. The molecule has 0 unspecified atom stereocenters. The van der Waals surface area contributed by atoms with E-state index in [2.05, 4.69) is 22.2 Å². The quantitative estimate of drug-likeness (QED) is 0.735. The van der Waals surface area contributed by atoms with Crippen molar-refractivity contribution in [2.24, 2.45) is 0 Å². The number of benzene rings is 2. The van der Waals surface area contributed by atoms with Crippen LogP contribution in [-0.4, -0.2) is 48.1 Å². The van der Waals surface area contributed by atoms with Gasteiger partial charge in [0.15, 0.2) is 0 Å². The number of nitrogens with zero attached hydrogens (tertiary/aromatic N) is 4. The molecule has 1 fully saturated rings. The van der Waals surface area contributed by atoms with Crippen LogP contribution in [0.15, 0.2) is 60.7 Å². The molecule has 0 aliphatic carbocycles. The maximum absolute atomic E-state index is 14.0. The van der Waals surface area contributed by atoms with Gasteiger partial charge in [-0.3, -0.25) is 0 Å². The van der Waals surface area contributed by atoms with Gasteiger partial charge in [0.25, 0.3) is 0 Å². The summed E-state index contributed by atoms with van der Waals surface area (Å²) >= 11 is 0. The van der Waals surface area contributed by atoms with Gasteiger partial charge < -0.3 is 15.1 Å². The summed E-state index contributed by atoms with van der Waals surface area (Å²) in [5.41, 5.74) is 2.51. The maximum atomic E-state index is 14.0. The molecule has 2 aromatic carbocycles. The highest BCUT2D eigenvalue weighted by Crippen LogP contribution is 2.24. The summed E-state index contributed by atoms with van der Waals surface area (Å²) in [5.74, 6) is 1.20. The van der Waals surface area contributed by atoms with Crippen molar-refractivity contribution in [1.82, 2.24) is 14.9 Å². The van der Waals surface area contributed by atoms with Crippen molar-refractivity contribution in [3.8, 4) is 11.3 Å². The fourth-order valence-corrected chi connectivity index (χ4v) is 3.26. The minimum atomic E-state index is -0.216. The van der Waals surface area contributed by atoms with E-state index in [9.17, 15) is 4.39 Å². The Balaban J connectivity index is 1.63. The molecule has 2 heterocycles. The highest BCUT2D eigenvalue weighted by atomic mass is 19.1. The zero-order chi connectivity index (χ0) is 19.3. The lowest BCUT2D eigenvalue weighted by Crippen LogP contribution is -2.45. The van der Waals surface area contributed by atoms with Crippen LogP contribution in [-0.2, 0) is 6.54 Å². The van der Waals surface area contributed by atoms with Crippen LogP contribution in [0.1, 0.15) is 5.56 Å². The van der Waals surface area contributed by atoms with E-state index in [1.165, 1.54) is 6.07 Å². The molecule has 1 aliphatic heterocycles. The van der Waals surface area contributed by atoms with E-state index in [1.807, 2.05) is 42.5 Å². The van der Waals surface area contributed by atoms with E-state index in [0.717, 1.165) is 37.4 Å². The minimum Gasteiger partial charge on any atom is -0.366 e. The van der Waals surface area contributed by atoms with E-state index in [-0.39, 0.29) is 5.82 Å². The van der Waals surface area contributed by atoms with Gasteiger partial charge in [-0.25, -0.2) is 9.37 Å². The molecule has 1 saturated heterocycles. The molecule has 1 aliphatic rings. The Hall–Kier alpha value is -2.99. The van der Waals surface area contributed by atoms with Crippen molar-refractivity contribution < 1.29 is 4.39 Å². The van der Waals surface area contributed by atoms with Crippen molar-refractivity contribution in [3.05, 3.63) is 72.0 Å². The predicted molar refractivity (Wildman–Crippen MR) is 111 cm³/mol. The molecule has 0 saturated carbocycles. The highest BCUT2D eigenvalue weighted by molar-refractivity contribution is 5.64. The monoisotopic (exact) mass is 377 g/mol. The fourth-order valence-electron chi connectivity index (χ4n) is 3.26. The van der Waals surface area contributed by atoms with E-state index in [4.69, 9.17) is 9.97 Å². The highest BCUT2D eigenvalue weighted by Gasteiger charge is 2.18. The molecular weight excluding hydrogens is 353 g/mol. The van der Waals surface area contributed by atoms with Gasteiger partial charge in [0.05, 0.1) is 5.69 Å². The van der Waals surface area contributed by atoms with Gasteiger partial charge in [-0.05, 0) is 13.1 Å². The number of nitrogens with one attached hydrogen (secondary N) is 1. The second kappa shape index (κ2) is 8.35. The summed E-state index contributed by atoms with van der Waals surface area (Å²) < 4.78 is 14.0. The first kappa shape index (κ1) is 18.4. The standard InChI is InChI=1S/C22H24FN5/c1-27-11-13-28(14-12-27)22-25-20(17-7-3-2-4-8-17)15-21(26-22)24-16-18-9-5-6-10-19(18)23/h2-10,15H,11-14,16H2,1H3,(H,24,25,26). The van der Waals surface area contributed by atoms with Gasteiger partial charge >= 0.3 is 0 Å². The molecule has 0 amide bonds. The number of hydrogen-bond acceptors (Lipinski definition) is 5. The average molecular weight is 377 g/mol. The molecule has 3 aromatic rings. The smallest absolute Gasteiger partial charge is 0.227 e. The first-order valence-corrected chi connectivity index (χ1v) is 9.54. The number of piperazine rings is 1. The van der Waals surface area contributed by atoms with E-state index in [1.54, 1.807) is 12.1 Å². The number of rotatable bonds is 5. The van der Waals surface area contributed by atoms with Crippen molar-refractivity contribution in [2.75, 3.05) is 43.4 Å². The molecule has 1 N–H and O–H groups in total. The van der Waals surface area contributed by atoms with Gasteiger partial charge in [0.2, 0.25) is 5.95 Å². The number of anilines is 2. The number of hydrogen-bond donors (Lipinski definition) is 1. The molecule has 0 radical (unpaired) electrons. The van der Waals surface area contributed by atoms with Crippen LogP contribution in [0, 0.1) is 5.82 Å². The molecule has 28 heavy (non-hydrogen) atoms. The molecule has 6 heteroatoms. The van der Waals surface area contributed by atoms with Crippen LogP contribution in [0.25, 0.3) is 11.3 Å². The van der Waals surface area contributed by atoms with Crippen LogP contribution in [0.5, 0.6) is 0 Å². The van der Waals surface area contributed by atoms with Crippen molar-refractivity contribution in [1.29, 1.82) is 0 Å². The Bertz CT molecular complexity index is 923. The second-order valence-corrected chi connectivity index (χ2v) is 7.04. The van der Waals surface area contributed by atoms with Crippen LogP contribution < -0.4 is 10.2 Å². The topological polar surface area (TPSA) is 44.3 Å². The van der Waals surface area contributed by atoms with Crippen molar-refractivity contribution >= 4 is 11.8 Å². The largest absolute Gasteiger partial charge is 0.366 e. The molecule has 5 nitrogen and oxygen atoms in total. The van der Waals surface area contributed by atoms with Gasteiger partial charge in [0, 0.05) is 49.9 Å². The Kier molecular flexibility index (Phi) is 5.48. The van der Waals surface area contributed by atoms with Crippen LogP contribution in [0.4, 0.5) is 16.2 Å². The molecule has 0 spiro atoms. The molecule has 1 aromatic heterocycles. The lowest BCUT2D eigenvalue weighted by atomic mass is 10.1. The Labute approximate surface area is 164 Å². The Morgan fingerprint density at radius 3 is 2.39 bits per heavy atom. The third-order valence-corrected chi connectivity index (χ3v) is 4.99. The SMILES string of the molecule is CN1CCN(c2nc(NCc3ccccc3F)cc(-c3ccccc3)n2)CC1. The Morgan fingerprint density at radius 2 is 1.64 bits per heavy atom. The first-order chi connectivity index (χ1) is 13.7. The molecule has 0 bridgehead atoms. The average Bonchev–Trinajstić information content (AvgIpc) is 2.74. The Morgan fingerprint density at radius 1 is 0.929 bits per heavy atom. The second-order valence-electron chi connectivity index (χ2n) is 7.04. The number of likely N-dealkylation sites (N-methyl/N-ethyl adjacent to an activating group) is 1. The summed E-state index contributed by atoms with van der Waals surface area (Å²) in [6, 6.07) is 18.8. The maximum Gasteiger partial charge on any atom is 0.227 e. The third-order valence-electron chi connectivity index (χ3n) is 4.99. The lowest BCUT2D eigenvalue weighted by molar-refractivity contribution is 0.311. The van der Waals surface area contributed by atoms with E-state index < -0.39 is 0 Å². The van der Waals surface area contributed by atoms with Gasteiger partial charge in [-0.15, -0.1) is 0 Å². The summed E-state index contributed by atoms with van der Waals surface area (Å²) in [4.78, 5) is 14.0. The normalized spacial score (nSPS) is 14.9. The van der Waals surface area contributed by atoms with Crippen LogP contribution in [0.3, 0.4) is 0 Å². The van der Waals surface area contributed by atoms with Crippen LogP contribution in [0.2, 0.25) is 0 Å². The summed E-state index contributed by atoms with van der Waals surface area (Å²) in [5, 5.41) is 3.27. The molecular formula is C22H24FN5. The zero-order valence-corrected chi connectivity index (χ0v) is 16.0. The summed E-state index contributed by atoms with van der Waals surface area (Å²) in [7, 11) is 2.12. The minimum absolute atomic E-state index is 0.216. The first-order valence-electron chi connectivity index (χ1n) is 9.54. The van der Waals surface area contributed by atoms with E-state index in [0.29, 0.717) is 23.9 Å². The number of aromatic nitrogens is 2. The fraction of sp³-hybridized carbons (Fsp3) is 0.273. The van der Waals surface area contributed by atoms with Crippen molar-refractivity contribution in [3.63, 3.8) is 0 Å². The lowest BCUT2D eigenvalue weighted by Gasteiger charge is -2.32. The molecule has 4 rings (SSSR count). The van der Waals surface area contributed by atoms with Gasteiger partial charge in [0.1, 0.15) is 11.6 Å². The van der Waals surface area contributed by atoms with E-state index >= 15 is 0 Å². The van der Waals surface area contributed by atoms with Gasteiger partial charge in [-0.1, -0.05) is 48.5 Å². The zero-order valence-electron chi connectivity index (χ0n) is 16.0. The summed E-state index contributed by atoms with van der Waals surface area (Å²) in [6.07, 6.45) is 0. The third kappa shape index (κ3) is 4.28. The summed E-state index contributed by atoms with van der Waals surface area (Å²) in [6.45, 7) is 4.12. The predicted octanol–water partition coefficient (Wildman–Crippen LogP) is 3.65.